The summed E-state index contributed by atoms with van der Waals surface area (Å²) >= 11 is 0. The van der Waals surface area contributed by atoms with Crippen LogP contribution in [0.4, 0.5) is 0 Å². The third kappa shape index (κ3) is 3.52. The van der Waals surface area contributed by atoms with Gasteiger partial charge in [0.25, 0.3) is 0 Å². The van der Waals surface area contributed by atoms with Crippen molar-refractivity contribution >= 4 is 65.0 Å². The van der Waals surface area contributed by atoms with Crippen LogP contribution in [0, 0.1) is 0 Å². The van der Waals surface area contributed by atoms with Crippen molar-refractivity contribution in [1.29, 1.82) is 0 Å². The topological polar surface area (TPSA) is 60.4 Å². The van der Waals surface area contributed by atoms with E-state index in [9.17, 15) is 9.59 Å². The van der Waals surface area contributed by atoms with Gasteiger partial charge in [0.1, 0.15) is 11.2 Å². The van der Waals surface area contributed by atoms with E-state index in [4.69, 9.17) is 8.83 Å². The smallest absolute Gasteiger partial charge is 0.344 e. The molecule has 0 aliphatic heterocycles. The van der Waals surface area contributed by atoms with Gasteiger partial charge in [-0.15, -0.1) is 0 Å². The van der Waals surface area contributed by atoms with Gasteiger partial charge in [-0.05, 0) is 67.4 Å². The van der Waals surface area contributed by atoms with E-state index in [-0.39, 0.29) is 0 Å². The maximum absolute atomic E-state index is 13.7. The molecule has 44 heavy (non-hydrogen) atoms. The predicted octanol–water partition coefficient (Wildman–Crippen LogP) is 9.85. The molecule has 0 saturated carbocycles. The van der Waals surface area contributed by atoms with Crippen molar-refractivity contribution in [2.45, 2.75) is 0 Å². The standard InChI is InChI=1S/C40H22O4/c41-39-33(21-31-25-11-3-1-9-23(25)17-19-35(31)43-39)37-27-13-5-7-15-29(27)38(30-16-8-6-14-28(30)37)34-22-32-26-12-4-2-10-24(26)18-20-36(32)44-40(34)42/h1-22H. The van der Waals surface area contributed by atoms with E-state index in [2.05, 4.69) is 12.1 Å². The van der Waals surface area contributed by atoms with Crippen molar-refractivity contribution < 1.29 is 8.83 Å². The van der Waals surface area contributed by atoms with Gasteiger partial charge >= 0.3 is 11.3 Å². The summed E-state index contributed by atoms with van der Waals surface area (Å²) in [5, 5.41) is 9.32. The maximum atomic E-state index is 13.7. The minimum absolute atomic E-state index is 0.410. The van der Waals surface area contributed by atoms with Gasteiger partial charge in [-0.25, -0.2) is 9.59 Å². The molecule has 206 valence electrons. The fourth-order valence-corrected chi connectivity index (χ4v) is 6.80. The summed E-state index contributed by atoms with van der Waals surface area (Å²) < 4.78 is 11.9. The van der Waals surface area contributed by atoms with Crippen molar-refractivity contribution in [2.24, 2.45) is 0 Å². The van der Waals surface area contributed by atoms with Gasteiger partial charge in [0.15, 0.2) is 0 Å². The summed E-state index contributed by atoms with van der Waals surface area (Å²) in [5.41, 5.74) is 2.78. The van der Waals surface area contributed by atoms with Crippen LogP contribution in [0.2, 0.25) is 0 Å². The van der Waals surface area contributed by atoms with Crippen LogP contribution in [0.15, 0.2) is 152 Å². The Hall–Kier alpha value is -6.00. The zero-order chi connectivity index (χ0) is 29.4. The summed E-state index contributed by atoms with van der Waals surface area (Å²) in [6.45, 7) is 0. The Labute approximate surface area is 250 Å². The van der Waals surface area contributed by atoms with Crippen molar-refractivity contribution in [3.63, 3.8) is 0 Å². The SMILES string of the molecule is O=c1oc2ccc3ccccc3c2cc1-c1c2ccccc2c(-c2cc3c(ccc4ccccc43)oc2=O)c2ccccc12. The number of hydrogen-bond donors (Lipinski definition) is 0. The van der Waals surface area contributed by atoms with Crippen LogP contribution in [-0.2, 0) is 0 Å². The zero-order valence-corrected chi connectivity index (χ0v) is 23.3. The minimum atomic E-state index is -0.410. The lowest BCUT2D eigenvalue weighted by atomic mass is 9.86. The summed E-state index contributed by atoms with van der Waals surface area (Å²) in [5.74, 6) is 0. The first kappa shape index (κ1) is 24.6. The molecule has 2 aromatic heterocycles. The highest BCUT2D eigenvalue weighted by atomic mass is 16.4. The molecule has 4 nitrogen and oxygen atoms in total. The maximum Gasteiger partial charge on any atom is 0.344 e. The highest BCUT2D eigenvalue weighted by molar-refractivity contribution is 6.22. The average molecular weight is 567 g/mol. The van der Waals surface area contributed by atoms with E-state index in [1.54, 1.807) is 0 Å². The van der Waals surface area contributed by atoms with Crippen LogP contribution in [-0.4, -0.2) is 0 Å². The van der Waals surface area contributed by atoms with E-state index in [0.717, 1.165) is 65.0 Å². The van der Waals surface area contributed by atoms with Crippen molar-refractivity contribution in [3.05, 3.63) is 154 Å². The lowest BCUT2D eigenvalue weighted by Gasteiger charge is -2.17. The normalized spacial score (nSPS) is 11.8. The van der Waals surface area contributed by atoms with Crippen LogP contribution < -0.4 is 11.3 Å². The molecule has 0 radical (unpaired) electrons. The van der Waals surface area contributed by atoms with Gasteiger partial charge in [-0.3, -0.25) is 0 Å². The number of fused-ring (bicyclic) bond motifs is 8. The van der Waals surface area contributed by atoms with Crippen molar-refractivity contribution in [3.8, 4) is 22.3 Å². The van der Waals surface area contributed by atoms with E-state index in [0.29, 0.717) is 22.3 Å². The first-order valence-corrected chi connectivity index (χ1v) is 14.5. The largest absolute Gasteiger partial charge is 0.422 e. The second kappa shape index (κ2) is 9.25. The minimum Gasteiger partial charge on any atom is -0.422 e. The van der Waals surface area contributed by atoms with Crippen molar-refractivity contribution in [1.82, 2.24) is 0 Å². The van der Waals surface area contributed by atoms with E-state index in [1.165, 1.54) is 0 Å². The summed E-state index contributed by atoms with van der Waals surface area (Å²) in [7, 11) is 0. The van der Waals surface area contributed by atoms with Crippen LogP contribution >= 0.6 is 0 Å². The summed E-state index contributed by atoms with van der Waals surface area (Å²) in [6, 6.07) is 43.6. The molecule has 0 saturated heterocycles. The Morgan fingerprint density at radius 3 is 1.07 bits per heavy atom. The predicted molar refractivity (Wildman–Crippen MR) is 179 cm³/mol. The Bertz CT molecular complexity index is 2520. The molecule has 0 N–H and O–H groups in total. The molecule has 0 aliphatic carbocycles. The van der Waals surface area contributed by atoms with E-state index in [1.807, 2.05) is 121 Å². The summed E-state index contributed by atoms with van der Waals surface area (Å²) in [6.07, 6.45) is 0. The number of rotatable bonds is 2. The monoisotopic (exact) mass is 566 g/mol. The highest BCUT2D eigenvalue weighted by Gasteiger charge is 2.22. The molecule has 9 aromatic rings. The van der Waals surface area contributed by atoms with Gasteiger partial charge < -0.3 is 8.83 Å². The molecular weight excluding hydrogens is 544 g/mol. The van der Waals surface area contributed by atoms with Crippen LogP contribution in [0.5, 0.6) is 0 Å². The molecule has 2 heterocycles. The second-order valence-electron chi connectivity index (χ2n) is 11.1. The molecular formula is C40H22O4. The Morgan fingerprint density at radius 2 is 0.682 bits per heavy atom. The first-order chi connectivity index (χ1) is 21.7. The fourth-order valence-electron chi connectivity index (χ4n) is 6.80. The highest BCUT2D eigenvalue weighted by Crippen LogP contribution is 2.43. The lowest BCUT2D eigenvalue weighted by molar-refractivity contribution is 0.563. The molecule has 0 amide bonds. The molecule has 4 heteroatoms. The fraction of sp³-hybridized carbons (Fsp3) is 0. The van der Waals surface area contributed by atoms with Gasteiger partial charge in [-0.2, -0.15) is 0 Å². The lowest BCUT2D eigenvalue weighted by Crippen LogP contribution is -2.06. The number of benzene rings is 7. The molecule has 9 rings (SSSR count). The third-order valence-electron chi connectivity index (χ3n) is 8.75. The van der Waals surface area contributed by atoms with Gasteiger partial charge in [0, 0.05) is 21.9 Å². The van der Waals surface area contributed by atoms with Crippen LogP contribution in [0.3, 0.4) is 0 Å². The molecule has 0 fully saturated rings. The third-order valence-corrected chi connectivity index (χ3v) is 8.75. The molecule has 0 atom stereocenters. The zero-order valence-electron chi connectivity index (χ0n) is 23.3. The molecule has 7 aromatic carbocycles. The average Bonchev–Trinajstić information content (AvgIpc) is 3.07. The first-order valence-electron chi connectivity index (χ1n) is 14.5. The number of hydrogen-bond acceptors (Lipinski definition) is 4. The Balaban J connectivity index is 1.43. The molecule has 0 unspecified atom stereocenters. The summed E-state index contributed by atoms with van der Waals surface area (Å²) in [4.78, 5) is 27.4. The van der Waals surface area contributed by atoms with E-state index < -0.39 is 11.3 Å². The second-order valence-corrected chi connectivity index (χ2v) is 11.1. The van der Waals surface area contributed by atoms with E-state index >= 15 is 0 Å². The van der Waals surface area contributed by atoms with Crippen LogP contribution in [0.1, 0.15) is 0 Å². The van der Waals surface area contributed by atoms with Gasteiger partial charge in [0.2, 0.25) is 0 Å². The Morgan fingerprint density at radius 1 is 0.341 bits per heavy atom. The molecule has 0 bridgehead atoms. The molecule has 0 aliphatic rings. The quantitative estimate of drug-likeness (QED) is 0.119. The van der Waals surface area contributed by atoms with Gasteiger partial charge in [-0.1, -0.05) is 109 Å². The van der Waals surface area contributed by atoms with Crippen LogP contribution in [0.25, 0.3) is 87.3 Å². The van der Waals surface area contributed by atoms with Crippen molar-refractivity contribution in [2.75, 3.05) is 0 Å². The van der Waals surface area contributed by atoms with Gasteiger partial charge in [0.05, 0.1) is 11.1 Å². The molecule has 0 spiro atoms. The Kier molecular flexibility index (Phi) is 5.17.